The van der Waals surface area contributed by atoms with Gasteiger partial charge in [0.2, 0.25) is 26.0 Å². The van der Waals surface area contributed by atoms with Crippen LogP contribution in [0.25, 0.3) is 11.1 Å². The Morgan fingerprint density at radius 2 is 1.64 bits per heavy atom. The van der Waals surface area contributed by atoms with E-state index in [4.69, 9.17) is 26.0 Å². The number of likely N-dealkylation sites (N-methyl/N-ethyl adjacent to an activating group) is 1. The van der Waals surface area contributed by atoms with Crippen LogP contribution < -0.4 is 16.2 Å². The van der Waals surface area contributed by atoms with Crippen molar-refractivity contribution in [1.82, 2.24) is 4.31 Å². The molecule has 0 aromatic heterocycles. The highest BCUT2D eigenvalue weighted by atomic mass is 32.2. The van der Waals surface area contributed by atoms with E-state index in [0.29, 0.717) is 33.7 Å². The molecule has 0 bridgehead atoms. The minimum atomic E-state index is -5.08. The molecule has 0 saturated heterocycles. The van der Waals surface area contributed by atoms with Gasteiger partial charge < -0.3 is 21.4 Å². The summed E-state index contributed by atoms with van der Waals surface area (Å²) in [7, 11) is -6.36. The number of nitrogens with two attached hydrogens (primary N) is 2. The van der Waals surface area contributed by atoms with Gasteiger partial charge in [-0.3, -0.25) is 4.79 Å². The number of allylic oxidation sites excluding steroid dienone is 3. The van der Waals surface area contributed by atoms with Gasteiger partial charge in [-0.2, -0.15) is 17.5 Å². The number of aliphatic carboxylic acids is 1. The fraction of sp³-hybridized carbons (Fsp3) is 0.269. The quantitative estimate of drug-likeness (QED) is 0.207. The maximum Gasteiger partial charge on any atom is 0.490 e. The Balaban J connectivity index is 0.000000860. The normalized spacial score (nSPS) is 15.7. The molecule has 1 aliphatic rings. The molecule has 18 heteroatoms. The van der Waals surface area contributed by atoms with Crippen LogP contribution in [-0.4, -0.2) is 74.6 Å². The van der Waals surface area contributed by atoms with Crippen molar-refractivity contribution >= 4 is 43.3 Å². The molecule has 2 aromatic rings. The lowest BCUT2D eigenvalue weighted by Gasteiger charge is -2.28. The fourth-order valence-corrected chi connectivity index (χ4v) is 5.33. The second-order valence-corrected chi connectivity index (χ2v) is 13.0. The topological polar surface area (TPSA) is 223 Å². The van der Waals surface area contributed by atoms with Gasteiger partial charge in [0.25, 0.3) is 0 Å². The molecule has 0 unspecified atom stereocenters. The number of carbonyl (C=O) groups is 2. The van der Waals surface area contributed by atoms with Crippen molar-refractivity contribution in [2.75, 3.05) is 18.6 Å². The SMILES string of the molecule is CC1=C(N)C(=NO)CC=C1C[C@@H](C(=O)Nc1ccc(-c2ccccc2S(N)(=O)=O)cc1)N(C)S(C)(=O)=O.O=C(O)C(F)(F)F. The molecule has 0 heterocycles. The Bertz CT molecular complexity index is 1720. The molecule has 1 atom stereocenters. The van der Waals surface area contributed by atoms with Gasteiger partial charge in [-0.1, -0.05) is 41.6 Å². The summed E-state index contributed by atoms with van der Waals surface area (Å²) in [5.74, 6) is -3.33. The molecule has 1 amide bonds. The fourth-order valence-electron chi connectivity index (χ4n) is 3.94. The van der Waals surface area contributed by atoms with Crippen LogP contribution in [-0.2, 0) is 29.6 Å². The highest BCUT2D eigenvalue weighted by Gasteiger charge is 2.38. The van der Waals surface area contributed by atoms with Crippen LogP contribution in [0.4, 0.5) is 18.9 Å². The highest BCUT2D eigenvalue weighted by molar-refractivity contribution is 7.89. The van der Waals surface area contributed by atoms with Crippen LogP contribution >= 0.6 is 0 Å². The summed E-state index contributed by atoms with van der Waals surface area (Å²) in [5, 5.41) is 27.4. The average molecular weight is 662 g/mol. The van der Waals surface area contributed by atoms with E-state index in [1.807, 2.05) is 0 Å². The van der Waals surface area contributed by atoms with Gasteiger partial charge in [-0.05, 0) is 48.3 Å². The number of rotatable bonds is 8. The van der Waals surface area contributed by atoms with Crippen molar-refractivity contribution in [2.24, 2.45) is 16.0 Å². The predicted octanol–water partition coefficient (Wildman–Crippen LogP) is 2.62. The molecular weight excluding hydrogens is 631 g/mol. The first-order valence-corrected chi connectivity index (χ1v) is 15.7. The number of hydrogen-bond acceptors (Lipinski definition) is 9. The summed E-state index contributed by atoms with van der Waals surface area (Å²) >= 11 is 0. The van der Waals surface area contributed by atoms with Crippen molar-refractivity contribution in [3.05, 3.63) is 71.5 Å². The third kappa shape index (κ3) is 9.37. The van der Waals surface area contributed by atoms with E-state index in [2.05, 4.69) is 10.5 Å². The van der Waals surface area contributed by atoms with E-state index in [0.717, 1.165) is 10.6 Å². The maximum absolute atomic E-state index is 13.3. The smallest absolute Gasteiger partial charge is 0.475 e. The Morgan fingerprint density at radius 3 is 2.11 bits per heavy atom. The van der Waals surface area contributed by atoms with Crippen molar-refractivity contribution in [3.8, 4) is 11.1 Å². The largest absolute Gasteiger partial charge is 0.490 e. The Kier molecular flexibility index (Phi) is 11.4. The Hall–Kier alpha value is -4.26. The number of amides is 1. The molecule has 0 spiro atoms. The van der Waals surface area contributed by atoms with Gasteiger partial charge in [0.05, 0.1) is 16.8 Å². The molecular formula is C26H30F3N5O8S2. The van der Waals surface area contributed by atoms with E-state index in [1.54, 1.807) is 55.5 Å². The molecule has 3 rings (SSSR count). The lowest BCUT2D eigenvalue weighted by Crippen LogP contribution is -2.45. The third-order valence-corrected chi connectivity index (χ3v) is 8.71. The number of carboxylic acid groups (broad SMARTS) is 1. The summed E-state index contributed by atoms with van der Waals surface area (Å²) in [5.41, 5.74) is 9.21. The van der Waals surface area contributed by atoms with Gasteiger partial charge in [0, 0.05) is 24.7 Å². The summed E-state index contributed by atoms with van der Waals surface area (Å²) in [4.78, 5) is 22.1. The molecule has 1 aliphatic carbocycles. The minimum Gasteiger partial charge on any atom is -0.475 e. The molecule has 240 valence electrons. The predicted molar refractivity (Wildman–Crippen MR) is 155 cm³/mol. The summed E-state index contributed by atoms with van der Waals surface area (Å²) in [6.45, 7) is 1.71. The van der Waals surface area contributed by atoms with Crippen LogP contribution in [0.15, 0.2) is 81.5 Å². The Labute approximate surface area is 251 Å². The van der Waals surface area contributed by atoms with Crippen molar-refractivity contribution < 1.29 is 49.9 Å². The lowest BCUT2D eigenvalue weighted by molar-refractivity contribution is -0.192. The number of benzene rings is 2. The number of primary sulfonamides is 1. The van der Waals surface area contributed by atoms with E-state index < -0.39 is 44.1 Å². The second kappa shape index (κ2) is 14.0. The number of oxime groups is 1. The van der Waals surface area contributed by atoms with Crippen molar-refractivity contribution in [3.63, 3.8) is 0 Å². The first kappa shape index (κ1) is 35.9. The second-order valence-electron chi connectivity index (χ2n) is 9.43. The molecule has 0 aliphatic heterocycles. The number of halogens is 3. The zero-order valence-corrected chi connectivity index (χ0v) is 25.2. The van der Waals surface area contributed by atoms with Crippen LogP contribution in [0.5, 0.6) is 0 Å². The van der Waals surface area contributed by atoms with Gasteiger partial charge in [-0.15, -0.1) is 0 Å². The number of alkyl halides is 3. The van der Waals surface area contributed by atoms with E-state index >= 15 is 0 Å². The van der Waals surface area contributed by atoms with E-state index in [9.17, 15) is 34.8 Å². The van der Waals surface area contributed by atoms with Gasteiger partial charge in [0.15, 0.2) is 0 Å². The molecule has 0 radical (unpaired) electrons. The van der Waals surface area contributed by atoms with Crippen LogP contribution in [0.1, 0.15) is 19.8 Å². The van der Waals surface area contributed by atoms with Crippen LogP contribution in [0.2, 0.25) is 0 Å². The zero-order chi connectivity index (χ0) is 33.6. The monoisotopic (exact) mass is 661 g/mol. The number of carboxylic acids is 1. The minimum absolute atomic E-state index is 0.0283. The number of anilines is 1. The molecule has 0 fully saturated rings. The number of nitrogens with one attached hydrogen (secondary N) is 1. The number of nitrogens with zero attached hydrogens (tertiary/aromatic N) is 2. The zero-order valence-electron chi connectivity index (χ0n) is 23.5. The molecule has 13 nitrogen and oxygen atoms in total. The number of hydrogen-bond donors (Lipinski definition) is 5. The van der Waals surface area contributed by atoms with Crippen molar-refractivity contribution in [1.29, 1.82) is 0 Å². The van der Waals surface area contributed by atoms with Crippen LogP contribution in [0, 0.1) is 0 Å². The lowest BCUT2D eigenvalue weighted by atomic mass is 9.90. The van der Waals surface area contributed by atoms with E-state index in [-0.39, 0.29) is 23.4 Å². The first-order chi connectivity index (χ1) is 20.2. The summed E-state index contributed by atoms with van der Waals surface area (Å²) in [6.07, 6.45) is -2.05. The van der Waals surface area contributed by atoms with Gasteiger partial charge >= 0.3 is 12.1 Å². The average Bonchev–Trinajstić information content (AvgIpc) is 2.93. The first-order valence-electron chi connectivity index (χ1n) is 12.3. The molecule has 0 saturated carbocycles. The molecule has 7 N–H and O–H groups in total. The van der Waals surface area contributed by atoms with Crippen molar-refractivity contribution in [2.45, 2.75) is 36.9 Å². The summed E-state index contributed by atoms with van der Waals surface area (Å²) < 4.78 is 81.2. The van der Waals surface area contributed by atoms with Gasteiger partial charge in [0.1, 0.15) is 11.8 Å². The highest BCUT2D eigenvalue weighted by Crippen LogP contribution is 2.29. The number of carbonyl (C=O) groups excluding carboxylic acids is 1. The summed E-state index contributed by atoms with van der Waals surface area (Å²) in [6, 6.07) is 11.6. The van der Waals surface area contributed by atoms with E-state index in [1.165, 1.54) is 13.1 Å². The molecule has 44 heavy (non-hydrogen) atoms. The maximum atomic E-state index is 13.3. The van der Waals surface area contributed by atoms with Crippen LogP contribution in [0.3, 0.4) is 0 Å². The Morgan fingerprint density at radius 1 is 1.09 bits per heavy atom. The van der Waals surface area contributed by atoms with Gasteiger partial charge in [-0.25, -0.2) is 26.8 Å². The molecule has 2 aromatic carbocycles. The standard InChI is InChI=1S/C24H29N5O6S2.C2HF3O2/c1-15-17(10-13-20(28-31)23(15)25)14-21(29(2)36(3,32)33)24(30)27-18-11-8-16(9-12-18)19-6-4-5-7-22(19)37(26,34)35;3-2(4,5)1(6)7/h4-12,21,31H,13-14,25H2,1-3H3,(H,27,30)(H2,26,34,35);(H,6,7)/t21-;/m0./s1. The third-order valence-electron chi connectivity index (χ3n) is 6.44. The number of sulfonamides is 2.